The summed E-state index contributed by atoms with van der Waals surface area (Å²) in [5.41, 5.74) is 3.56. The SMILES string of the molecule is CCOc1ccccc1NCc1ccccc1-c1nnc(-c2ccccc2Cl)o1. The van der Waals surface area contributed by atoms with Gasteiger partial charge in [-0.3, -0.25) is 0 Å². The number of nitrogens with zero attached hydrogens (tertiary/aromatic N) is 2. The Kier molecular flexibility index (Phi) is 5.77. The quantitative estimate of drug-likeness (QED) is 0.404. The van der Waals surface area contributed by atoms with Crippen molar-refractivity contribution in [2.75, 3.05) is 11.9 Å². The van der Waals surface area contributed by atoms with Crippen LogP contribution < -0.4 is 10.1 Å². The fraction of sp³-hybridized carbons (Fsp3) is 0.130. The molecular formula is C23H20ClN3O2. The number of benzene rings is 3. The average Bonchev–Trinajstić information content (AvgIpc) is 3.24. The van der Waals surface area contributed by atoms with Crippen molar-refractivity contribution in [2.24, 2.45) is 0 Å². The van der Waals surface area contributed by atoms with E-state index in [1.165, 1.54) is 0 Å². The Bertz CT molecular complexity index is 1110. The highest BCUT2D eigenvalue weighted by molar-refractivity contribution is 6.33. The van der Waals surface area contributed by atoms with E-state index < -0.39 is 0 Å². The molecule has 6 heteroatoms. The summed E-state index contributed by atoms with van der Waals surface area (Å²) >= 11 is 6.25. The fourth-order valence-corrected chi connectivity index (χ4v) is 3.26. The molecule has 0 saturated heterocycles. The summed E-state index contributed by atoms with van der Waals surface area (Å²) in [6, 6.07) is 23.2. The zero-order chi connectivity index (χ0) is 20.1. The van der Waals surface area contributed by atoms with Crippen LogP contribution >= 0.6 is 11.6 Å². The van der Waals surface area contributed by atoms with Crippen molar-refractivity contribution in [1.29, 1.82) is 0 Å². The molecule has 4 rings (SSSR count). The van der Waals surface area contributed by atoms with Crippen LogP contribution in [0.3, 0.4) is 0 Å². The lowest BCUT2D eigenvalue weighted by molar-refractivity contribution is 0.341. The summed E-state index contributed by atoms with van der Waals surface area (Å²) in [6.07, 6.45) is 0. The van der Waals surface area contributed by atoms with Gasteiger partial charge in [-0.2, -0.15) is 0 Å². The molecule has 5 nitrogen and oxygen atoms in total. The number of para-hydroxylation sites is 2. The lowest BCUT2D eigenvalue weighted by Gasteiger charge is -2.13. The lowest BCUT2D eigenvalue weighted by atomic mass is 10.1. The van der Waals surface area contributed by atoms with E-state index in [2.05, 4.69) is 15.5 Å². The Labute approximate surface area is 174 Å². The third kappa shape index (κ3) is 4.25. The van der Waals surface area contributed by atoms with Crippen molar-refractivity contribution in [2.45, 2.75) is 13.5 Å². The molecular weight excluding hydrogens is 386 g/mol. The maximum absolute atomic E-state index is 6.25. The minimum Gasteiger partial charge on any atom is -0.492 e. The predicted octanol–water partition coefficient (Wildman–Crippen LogP) is 6.07. The Morgan fingerprint density at radius 3 is 2.31 bits per heavy atom. The summed E-state index contributed by atoms with van der Waals surface area (Å²) < 4.78 is 11.6. The Morgan fingerprint density at radius 1 is 0.862 bits per heavy atom. The van der Waals surface area contributed by atoms with Crippen molar-refractivity contribution >= 4 is 17.3 Å². The first-order valence-corrected chi connectivity index (χ1v) is 9.76. The molecule has 1 heterocycles. The number of hydrogen-bond donors (Lipinski definition) is 1. The van der Waals surface area contributed by atoms with Crippen molar-refractivity contribution in [3.63, 3.8) is 0 Å². The number of rotatable bonds is 7. The number of nitrogens with one attached hydrogen (secondary N) is 1. The third-order valence-electron chi connectivity index (χ3n) is 4.43. The van der Waals surface area contributed by atoms with Crippen molar-refractivity contribution in [1.82, 2.24) is 10.2 Å². The third-order valence-corrected chi connectivity index (χ3v) is 4.76. The molecule has 146 valence electrons. The normalized spacial score (nSPS) is 10.7. The molecule has 29 heavy (non-hydrogen) atoms. The van der Waals surface area contributed by atoms with Gasteiger partial charge in [0.25, 0.3) is 0 Å². The number of ether oxygens (including phenoxy) is 1. The fourth-order valence-electron chi connectivity index (χ4n) is 3.04. The predicted molar refractivity (Wildman–Crippen MR) is 115 cm³/mol. The molecule has 1 aromatic heterocycles. The van der Waals surface area contributed by atoms with Crippen molar-refractivity contribution < 1.29 is 9.15 Å². The van der Waals surface area contributed by atoms with Crippen molar-refractivity contribution in [3.05, 3.63) is 83.4 Å². The van der Waals surface area contributed by atoms with Gasteiger partial charge in [-0.1, -0.05) is 54.1 Å². The second-order valence-corrected chi connectivity index (χ2v) is 6.74. The highest BCUT2D eigenvalue weighted by Gasteiger charge is 2.15. The second-order valence-electron chi connectivity index (χ2n) is 6.33. The van der Waals surface area contributed by atoms with E-state index in [9.17, 15) is 0 Å². The van der Waals surface area contributed by atoms with E-state index >= 15 is 0 Å². The van der Waals surface area contributed by atoms with Crippen LogP contribution in [0.5, 0.6) is 5.75 Å². The van der Waals surface area contributed by atoms with Gasteiger partial charge in [-0.05, 0) is 42.8 Å². The van der Waals surface area contributed by atoms with Gasteiger partial charge in [-0.25, -0.2) is 0 Å². The van der Waals surface area contributed by atoms with Crippen LogP contribution in [0.2, 0.25) is 5.02 Å². The summed E-state index contributed by atoms with van der Waals surface area (Å²) in [6.45, 7) is 3.17. The minimum absolute atomic E-state index is 0.398. The highest BCUT2D eigenvalue weighted by atomic mass is 35.5. The molecule has 0 aliphatic rings. The molecule has 0 aliphatic heterocycles. The first-order chi connectivity index (χ1) is 14.3. The summed E-state index contributed by atoms with van der Waals surface area (Å²) in [5.74, 6) is 1.68. The molecule has 1 N–H and O–H groups in total. The number of anilines is 1. The first kappa shape index (κ1) is 19.0. The van der Waals surface area contributed by atoms with E-state index in [4.69, 9.17) is 20.8 Å². The minimum atomic E-state index is 0.398. The zero-order valence-electron chi connectivity index (χ0n) is 15.9. The number of aromatic nitrogens is 2. The van der Waals surface area contributed by atoms with E-state index in [0.717, 1.165) is 22.6 Å². The van der Waals surface area contributed by atoms with Gasteiger partial charge in [0, 0.05) is 12.1 Å². The van der Waals surface area contributed by atoms with E-state index in [1.807, 2.05) is 73.7 Å². The van der Waals surface area contributed by atoms with Gasteiger partial charge in [-0.15, -0.1) is 10.2 Å². The van der Waals surface area contributed by atoms with E-state index in [0.29, 0.717) is 35.5 Å². The average molecular weight is 406 g/mol. The van der Waals surface area contributed by atoms with Gasteiger partial charge < -0.3 is 14.5 Å². The van der Waals surface area contributed by atoms with Crippen LogP contribution in [0.25, 0.3) is 22.9 Å². The van der Waals surface area contributed by atoms with E-state index in [-0.39, 0.29) is 0 Å². The number of hydrogen-bond acceptors (Lipinski definition) is 5. The highest BCUT2D eigenvalue weighted by Crippen LogP contribution is 2.31. The topological polar surface area (TPSA) is 60.2 Å². The van der Waals surface area contributed by atoms with Crippen LogP contribution in [-0.2, 0) is 6.54 Å². The first-order valence-electron chi connectivity index (χ1n) is 9.38. The molecule has 0 atom stereocenters. The monoisotopic (exact) mass is 405 g/mol. The Morgan fingerprint density at radius 2 is 1.52 bits per heavy atom. The molecule has 3 aromatic carbocycles. The standard InChI is InChI=1S/C23H20ClN3O2/c1-2-28-21-14-8-7-13-20(21)25-15-16-9-3-4-10-17(16)22-26-27-23(29-22)18-11-5-6-12-19(18)24/h3-14,25H,2,15H2,1H3. The molecule has 0 amide bonds. The molecule has 0 bridgehead atoms. The van der Waals surface area contributed by atoms with Crippen LogP contribution in [0.4, 0.5) is 5.69 Å². The van der Waals surface area contributed by atoms with Gasteiger partial charge >= 0.3 is 0 Å². The Hall–Kier alpha value is -3.31. The molecule has 0 fully saturated rings. The second kappa shape index (κ2) is 8.80. The van der Waals surface area contributed by atoms with Crippen molar-refractivity contribution in [3.8, 4) is 28.7 Å². The zero-order valence-corrected chi connectivity index (χ0v) is 16.7. The van der Waals surface area contributed by atoms with Crippen LogP contribution in [-0.4, -0.2) is 16.8 Å². The summed E-state index contributed by atoms with van der Waals surface area (Å²) in [5, 5.41) is 12.4. The molecule has 0 aliphatic carbocycles. The molecule has 0 saturated carbocycles. The maximum atomic E-state index is 6.25. The van der Waals surface area contributed by atoms with Crippen LogP contribution in [0, 0.1) is 0 Å². The van der Waals surface area contributed by atoms with Gasteiger partial charge in [0.15, 0.2) is 0 Å². The maximum Gasteiger partial charge on any atom is 0.249 e. The van der Waals surface area contributed by atoms with Gasteiger partial charge in [0.1, 0.15) is 5.75 Å². The molecule has 0 spiro atoms. The van der Waals surface area contributed by atoms with Crippen LogP contribution in [0.15, 0.2) is 77.2 Å². The largest absolute Gasteiger partial charge is 0.492 e. The molecule has 0 radical (unpaired) electrons. The molecule has 0 unspecified atom stereocenters. The summed E-state index contributed by atoms with van der Waals surface area (Å²) in [4.78, 5) is 0. The van der Waals surface area contributed by atoms with Crippen LogP contribution in [0.1, 0.15) is 12.5 Å². The van der Waals surface area contributed by atoms with Gasteiger partial charge in [0.05, 0.1) is 22.9 Å². The smallest absolute Gasteiger partial charge is 0.249 e. The van der Waals surface area contributed by atoms with Gasteiger partial charge in [0.2, 0.25) is 11.8 Å². The van der Waals surface area contributed by atoms with E-state index in [1.54, 1.807) is 6.07 Å². The Balaban J connectivity index is 1.59. The number of halogens is 1. The molecule has 4 aromatic rings. The summed E-state index contributed by atoms with van der Waals surface area (Å²) in [7, 11) is 0. The lowest BCUT2D eigenvalue weighted by Crippen LogP contribution is -2.04.